The van der Waals surface area contributed by atoms with E-state index < -0.39 is 0 Å². The molecule has 1 aliphatic heterocycles. The number of aryl methyl sites for hydroxylation is 2. The van der Waals surface area contributed by atoms with E-state index in [9.17, 15) is 4.79 Å². The van der Waals surface area contributed by atoms with Crippen molar-refractivity contribution in [2.75, 3.05) is 39.3 Å². The van der Waals surface area contributed by atoms with Crippen LogP contribution < -0.4 is 4.74 Å². The summed E-state index contributed by atoms with van der Waals surface area (Å²) in [6, 6.07) is 14.1. The van der Waals surface area contributed by atoms with Crippen molar-refractivity contribution in [2.45, 2.75) is 27.3 Å². The molecule has 158 valence electrons. The van der Waals surface area contributed by atoms with Crippen LogP contribution in [0.1, 0.15) is 28.7 Å². The van der Waals surface area contributed by atoms with Crippen LogP contribution >= 0.6 is 0 Å². The molecule has 0 spiro atoms. The number of aromatic nitrogens is 2. The van der Waals surface area contributed by atoms with Gasteiger partial charge >= 0.3 is 0 Å². The molecule has 3 aromatic rings. The highest BCUT2D eigenvalue weighted by Gasteiger charge is 2.26. The SMILES string of the molecule is CCOc1ccc2ccccc2c1C(=O)N1CCN(CCn2nc(C)cc2C)CC1. The van der Waals surface area contributed by atoms with Gasteiger partial charge in [0, 0.05) is 38.4 Å². The van der Waals surface area contributed by atoms with Crippen molar-refractivity contribution in [3.05, 3.63) is 59.4 Å². The monoisotopic (exact) mass is 406 g/mol. The van der Waals surface area contributed by atoms with Gasteiger partial charge < -0.3 is 9.64 Å². The molecular formula is C24H30N4O2. The number of carbonyl (C=O) groups excluding carboxylic acids is 1. The Morgan fingerprint density at radius 1 is 1.03 bits per heavy atom. The highest BCUT2D eigenvalue weighted by molar-refractivity contribution is 6.09. The molecule has 1 amide bonds. The largest absolute Gasteiger partial charge is 0.493 e. The molecule has 2 heterocycles. The second kappa shape index (κ2) is 8.88. The Bertz CT molecular complexity index is 1030. The van der Waals surface area contributed by atoms with E-state index in [4.69, 9.17) is 4.74 Å². The van der Waals surface area contributed by atoms with E-state index in [0.29, 0.717) is 17.9 Å². The first-order valence-corrected chi connectivity index (χ1v) is 10.7. The summed E-state index contributed by atoms with van der Waals surface area (Å²) < 4.78 is 7.88. The second-order valence-corrected chi connectivity index (χ2v) is 7.88. The van der Waals surface area contributed by atoms with Crippen molar-refractivity contribution in [1.82, 2.24) is 19.6 Å². The molecule has 0 aliphatic carbocycles. The van der Waals surface area contributed by atoms with Gasteiger partial charge in [0.05, 0.1) is 24.4 Å². The number of fused-ring (bicyclic) bond motifs is 1. The maximum Gasteiger partial charge on any atom is 0.258 e. The molecule has 1 aromatic heterocycles. The minimum Gasteiger partial charge on any atom is -0.493 e. The number of ether oxygens (including phenoxy) is 1. The quantitative estimate of drug-likeness (QED) is 0.629. The summed E-state index contributed by atoms with van der Waals surface area (Å²) in [6.07, 6.45) is 0. The lowest BCUT2D eigenvalue weighted by Crippen LogP contribution is -2.49. The summed E-state index contributed by atoms with van der Waals surface area (Å²) >= 11 is 0. The lowest BCUT2D eigenvalue weighted by Gasteiger charge is -2.35. The molecule has 2 aromatic carbocycles. The fourth-order valence-corrected chi connectivity index (χ4v) is 4.22. The molecule has 6 nitrogen and oxygen atoms in total. The lowest BCUT2D eigenvalue weighted by atomic mass is 10.0. The third kappa shape index (κ3) is 4.19. The Morgan fingerprint density at radius 2 is 1.80 bits per heavy atom. The van der Waals surface area contributed by atoms with Crippen LogP contribution in [0.25, 0.3) is 10.8 Å². The smallest absolute Gasteiger partial charge is 0.258 e. The third-order valence-electron chi connectivity index (χ3n) is 5.80. The van der Waals surface area contributed by atoms with Gasteiger partial charge in [0.25, 0.3) is 5.91 Å². The average Bonchev–Trinajstić information content (AvgIpc) is 3.09. The van der Waals surface area contributed by atoms with Gasteiger partial charge in [-0.05, 0) is 43.7 Å². The Balaban J connectivity index is 1.44. The van der Waals surface area contributed by atoms with Gasteiger partial charge in [0.15, 0.2) is 0 Å². The first kappa shape index (κ1) is 20.4. The summed E-state index contributed by atoms with van der Waals surface area (Å²) in [6.45, 7) is 11.6. The predicted molar refractivity (Wildman–Crippen MR) is 119 cm³/mol. The molecule has 0 bridgehead atoms. The number of hydrogen-bond donors (Lipinski definition) is 0. The molecule has 0 N–H and O–H groups in total. The van der Waals surface area contributed by atoms with Crippen molar-refractivity contribution in [3.8, 4) is 5.75 Å². The first-order valence-electron chi connectivity index (χ1n) is 10.7. The van der Waals surface area contributed by atoms with Crippen LogP contribution in [0.15, 0.2) is 42.5 Å². The van der Waals surface area contributed by atoms with Crippen molar-refractivity contribution in [1.29, 1.82) is 0 Å². The second-order valence-electron chi connectivity index (χ2n) is 7.88. The van der Waals surface area contributed by atoms with Gasteiger partial charge in [-0.2, -0.15) is 5.10 Å². The number of carbonyl (C=O) groups is 1. The van der Waals surface area contributed by atoms with Gasteiger partial charge in [0.2, 0.25) is 0 Å². The van der Waals surface area contributed by atoms with E-state index >= 15 is 0 Å². The minimum absolute atomic E-state index is 0.0634. The number of hydrogen-bond acceptors (Lipinski definition) is 4. The Kier molecular flexibility index (Phi) is 6.04. The van der Waals surface area contributed by atoms with Gasteiger partial charge in [0.1, 0.15) is 5.75 Å². The fraction of sp³-hybridized carbons (Fsp3) is 0.417. The first-order chi connectivity index (χ1) is 14.6. The average molecular weight is 407 g/mol. The third-order valence-corrected chi connectivity index (χ3v) is 5.80. The molecular weight excluding hydrogens is 376 g/mol. The van der Waals surface area contributed by atoms with E-state index in [1.807, 2.05) is 55.1 Å². The Labute approximate surface area is 178 Å². The van der Waals surface area contributed by atoms with Gasteiger partial charge in [-0.25, -0.2) is 0 Å². The van der Waals surface area contributed by atoms with Crippen LogP contribution in [-0.4, -0.2) is 64.8 Å². The molecule has 0 unspecified atom stereocenters. The number of amides is 1. The summed E-state index contributed by atoms with van der Waals surface area (Å²) in [5.41, 5.74) is 2.94. The number of benzene rings is 2. The Hall–Kier alpha value is -2.86. The van der Waals surface area contributed by atoms with Crippen LogP contribution in [0.2, 0.25) is 0 Å². The van der Waals surface area contributed by atoms with E-state index in [1.165, 1.54) is 5.69 Å². The summed E-state index contributed by atoms with van der Waals surface area (Å²) in [5.74, 6) is 0.738. The van der Waals surface area contributed by atoms with Crippen molar-refractivity contribution < 1.29 is 9.53 Å². The lowest BCUT2D eigenvalue weighted by molar-refractivity contribution is 0.0630. The maximum absolute atomic E-state index is 13.5. The van der Waals surface area contributed by atoms with Crippen LogP contribution in [0, 0.1) is 13.8 Å². The molecule has 1 aliphatic rings. The normalized spacial score (nSPS) is 15.0. The summed E-state index contributed by atoms with van der Waals surface area (Å²) in [7, 11) is 0. The molecule has 0 saturated carbocycles. The molecule has 30 heavy (non-hydrogen) atoms. The summed E-state index contributed by atoms with van der Waals surface area (Å²) in [5, 5.41) is 6.57. The standard InChI is InChI=1S/C24H30N4O2/c1-4-30-22-10-9-20-7-5-6-8-21(20)23(22)24(29)27-14-11-26(12-15-27)13-16-28-19(3)17-18(2)25-28/h5-10,17H,4,11-16H2,1-3H3. The molecule has 1 fully saturated rings. The van der Waals surface area contributed by atoms with E-state index in [0.717, 1.165) is 55.7 Å². The number of nitrogens with zero attached hydrogens (tertiary/aromatic N) is 4. The van der Waals surface area contributed by atoms with E-state index in [2.05, 4.69) is 27.7 Å². The van der Waals surface area contributed by atoms with Gasteiger partial charge in [-0.1, -0.05) is 30.3 Å². The highest BCUT2D eigenvalue weighted by Crippen LogP contribution is 2.29. The van der Waals surface area contributed by atoms with Crippen LogP contribution in [0.5, 0.6) is 5.75 Å². The topological polar surface area (TPSA) is 50.6 Å². The minimum atomic E-state index is 0.0634. The van der Waals surface area contributed by atoms with Crippen molar-refractivity contribution in [2.24, 2.45) is 0 Å². The zero-order valence-electron chi connectivity index (χ0n) is 18.1. The number of piperazine rings is 1. The van der Waals surface area contributed by atoms with Gasteiger partial charge in [-0.15, -0.1) is 0 Å². The predicted octanol–water partition coefficient (Wildman–Crippen LogP) is 3.51. The summed E-state index contributed by atoms with van der Waals surface area (Å²) in [4.78, 5) is 17.8. The van der Waals surface area contributed by atoms with Crippen LogP contribution in [0.3, 0.4) is 0 Å². The van der Waals surface area contributed by atoms with E-state index in [-0.39, 0.29) is 5.91 Å². The van der Waals surface area contributed by atoms with E-state index in [1.54, 1.807) is 0 Å². The molecule has 0 radical (unpaired) electrons. The van der Waals surface area contributed by atoms with Gasteiger partial charge in [-0.3, -0.25) is 14.4 Å². The Morgan fingerprint density at radius 3 is 2.50 bits per heavy atom. The molecule has 4 rings (SSSR count). The molecule has 6 heteroatoms. The van der Waals surface area contributed by atoms with Crippen molar-refractivity contribution >= 4 is 16.7 Å². The molecule has 1 saturated heterocycles. The zero-order valence-corrected chi connectivity index (χ0v) is 18.1. The zero-order chi connectivity index (χ0) is 21.1. The molecule has 0 atom stereocenters. The number of rotatable bonds is 6. The fourth-order valence-electron chi connectivity index (χ4n) is 4.22. The highest BCUT2D eigenvalue weighted by atomic mass is 16.5. The van der Waals surface area contributed by atoms with Crippen LogP contribution in [-0.2, 0) is 6.54 Å². The van der Waals surface area contributed by atoms with Crippen molar-refractivity contribution in [3.63, 3.8) is 0 Å². The maximum atomic E-state index is 13.5. The van der Waals surface area contributed by atoms with Crippen LogP contribution in [0.4, 0.5) is 0 Å².